The molecule has 0 aliphatic rings. The maximum absolute atomic E-state index is 12.4. The lowest BCUT2D eigenvalue weighted by atomic mass is 10.1. The van der Waals surface area contributed by atoms with Crippen LogP contribution in [-0.4, -0.2) is 30.8 Å². The van der Waals surface area contributed by atoms with Gasteiger partial charge in [0, 0.05) is 47.8 Å². The second kappa shape index (κ2) is 8.35. The van der Waals surface area contributed by atoms with Gasteiger partial charge in [0.2, 0.25) is 5.91 Å². The highest BCUT2D eigenvalue weighted by molar-refractivity contribution is 5.91. The van der Waals surface area contributed by atoms with Gasteiger partial charge in [-0.25, -0.2) is 4.98 Å². The van der Waals surface area contributed by atoms with Crippen molar-refractivity contribution >= 4 is 11.7 Å². The van der Waals surface area contributed by atoms with E-state index in [1.54, 1.807) is 43.2 Å². The Morgan fingerprint density at radius 1 is 0.828 bits per heavy atom. The zero-order valence-corrected chi connectivity index (χ0v) is 15.8. The molecule has 1 amide bonds. The molecular formula is C22H18N6O. The summed E-state index contributed by atoms with van der Waals surface area (Å²) >= 11 is 0. The molecule has 1 N–H and O–H groups in total. The third-order valence-electron chi connectivity index (χ3n) is 4.27. The second-order valence-corrected chi connectivity index (χ2v) is 6.48. The zero-order valence-electron chi connectivity index (χ0n) is 15.8. The summed E-state index contributed by atoms with van der Waals surface area (Å²) in [5.41, 5.74) is 5.14. The number of aromatic nitrogens is 5. The predicted octanol–water partition coefficient (Wildman–Crippen LogP) is 3.49. The van der Waals surface area contributed by atoms with Crippen molar-refractivity contribution in [2.45, 2.75) is 13.3 Å². The van der Waals surface area contributed by atoms with Crippen LogP contribution in [0.1, 0.15) is 11.3 Å². The number of carbonyl (C=O) groups excluding carboxylic acids is 1. The van der Waals surface area contributed by atoms with E-state index in [-0.39, 0.29) is 12.3 Å². The van der Waals surface area contributed by atoms with Gasteiger partial charge < -0.3 is 5.32 Å². The molecule has 0 aromatic carbocycles. The number of aryl methyl sites for hydroxylation is 1. The van der Waals surface area contributed by atoms with Gasteiger partial charge in [-0.2, -0.15) is 0 Å². The van der Waals surface area contributed by atoms with Crippen LogP contribution in [0.15, 0.2) is 73.6 Å². The molecule has 4 aromatic heterocycles. The molecule has 0 radical (unpaired) electrons. The van der Waals surface area contributed by atoms with E-state index in [0.29, 0.717) is 5.82 Å². The van der Waals surface area contributed by atoms with Gasteiger partial charge in [-0.05, 0) is 48.9 Å². The van der Waals surface area contributed by atoms with E-state index in [1.165, 1.54) is 0 Å². The number of amides is 1. The Morgan fingerprint density at radius 2 is 1.69 bits per heavy atom. The first-order valence-corrected chi connectivity index (χ1v) is 9.07. The highest BCUT2D eigenvalue weighted by Crippen LogP contribution is 2.19. The number of pyridine rings is 3. The van der Waals surface area contributed by atoms with Crippen molar-refractivity contribution in [3.05, 3.63) is 84.8 Å². The van der Waals surface area contributed by atoms with Crippen molar-refractivity contribution in [3.8, 4) is 22.5 Å². The maximum Gasteiger partial charge on any atom is 0.229 e. The van der Waals surface area contributed by atoms with Crippen molar-refractivity contribution in [2.24, 2.45) is 0 Å². The molecule has 0 unspecified atom stereocenters. The normalized spacial score (nSPS) is 10.5. The van der Waals surface area contributed by atoms with Gasteiger partial charge in [-0.1, -0.05) is 0 Å². The fourth-order valence-corrected chi connectivity index (χ4v) is 2.89. The maximum atomic E-state index is 12.4. The van der Waals surface area contributed by atoms with Crippen LogP contribution < -0.4 is 5.32 Å². The standard InChI is InChI=1S/C22H18N6O/c1-15-10-17(5-7-24-15)19-11-16(4-6-25-19)12-22(29)28-21-3-2-18(13-27-21)20-14-23-8-9-26-20/h2-11,13-14H,12H2,1H3,(H,27,28,29). The Labute approximate surface area is 168 Å². The summed E-state index contributed by atoms with van der Waals surface area (Å²) in [4.78, 5) is 33.6. The topological polar surface area (TPSA) is 93.6 Å². The fraction of sp³-hybridized carbons (Fsp3) is 0.0909. The largest absolute Gasteiger partial charge is 0.310 e. The Hall–Kier alpha value is -4.00. The van der Waals surface area contributed by atoms with Crippen molar-refractivity contribution in [2.75, 3.05) is 5.32 Å². The number of rotatable bonds is 5. The van der Waals surface area contributed by atoms with Crippen molar-refractivity contribution in [1.82, 2.24) is 24.9 Å². The lowest BCUT2D eigenvalue weighted by Gasteiger charge is -2.07. The molecule has 0 atom stereocenters. The summed E-state index contributed by atoms with van der Waals surface area (Å²) in [6.07, 6.45) is 10.3. The predicted molar refractivity (Wildman–Crippen MR) is 110 cm³/mol. The van der Waals surface area contributed by atoms with E-state index in [2.05, 4.69) is 30.2 Å². The van der Waals surface area contributed by atoms with Gasteiger partial charge in [0.05, 0.1) is 24.0 Å². The summed E-state index contributed by atoms with van der Waals surface area (Å²) in [6, 6.07) is 11.2. The zero-order chi connectivity index (χ0) is 20.1. The van der Waals surface area contributed by atoms with Crippen LogP contribution in [0.4, 0.5) is 5.82 Å². The molecule has 4 aromatic rings. The van der Waals surface area contributed by atoms with Gasteiger partial charge in [-0.15, -0.1) is 0 Å². The third kappa shape index (κ3) is 4.65. The van der Waals surface area contributed by atoms with E-state index < -0.39 is 0 Å². The van der Waals surface area contributed by atoms with Crippen LogP contribution >= 0.6 is 0 Å². The average Bonchev–Trinajstić information content (AvgIpc) is 2.75. The Balaban J connectivity index is 1.43. The summed E-state index contributed by atoms with van der Waals surface area (Å²) in [5.74, 6) is 0.342. The number of hydrogen-bond donors (Lipinski definition) is 1. The molecule has 7 nitrogen and oxygen atoms in total. The second-order valence-electron chi connectivity index (χ2n) is 6.48. The van der Waals surface area contributed by atoms with Crippen LogP contribution in [0, 0.1) is 6.92 Å². The fourth-order valence-electron chi connectivity index (χ4n) is 2.89. The first-order chi connectivity index (χ1) is 14.2. The van der Waals surface area contributed by atoms with Crippen LogP contribution in [-0.2, 0) is 11.2 Å². The molecule has 0 saturated carbocycles. The third-order valence-corrected chi connectivity index (χ3v) is 4.27. The number of anilines is 1. The molecule has 29 heavy (non-hydrogen) atoms. The van der Waals surface area contributed by atoms with Crippen LogP contribution in [0.25, 0.3) is 22.5 Å². The SMILES string of the molecule is Cc1cc(-c2cc(CC(=O)Nc3ccc(-c4cnccn4)cn3)ccn2)ccn1. The van der Waals surface area contributed by atoms with Crippen LogP contribution in [0.5, 0.6) is 0 Å². The van der Waals surface area contributed by atoms with Gasteiger partial charge in [0.1, 0.15) is 5.82 Å². The number of carbonyl (C=O) groups is 1. The van der Waals surface area contributed by atoms with E-state index in [0.717, 1.165) is 33.8 Å². The molecule has 0 saturated heterocycles. The number of nitrogens with one attached hydrogen (secondary N) is 1. The molecule has 0 aliphatic carbocycles. The molecule has 4 rings (SSSR count). The molecule has 4 heterocycles. The minimum absolute atomic E-state index is 0.146. The molecule has 7 heteroatoms. The number of hydrogen-bond acceptors (Lipinski definition) is 6. The van der Waals surface area contributed by atoms with Gasteiger partial charge in [-0.3, -0.25) is 24.7 Å². The minimum Gasteiger partial charge on any atom is -0.310 e. The van der Waals surface area contributed by atoms with Crippen LogP contribution in [0.2, 0.25) is 0 Å². The Morgan fingerprint density at radius 3 is 2.45 bits per heavy atom. The Bertz CT molecular complexity index is 1130. The van der Waals surface area contributed by atoms with Gasteiger partial charge in [0.25, 0.3) is 0 Å². The molecule has 142 valence electrons. The van der Waals surface area contributed by atoms with Crippen molar-refractivity contribution < 1.29 is 4.79 Å². The van der Waals surface area contributed by atoms with Gasteiger partial charge >= 0.3 is 0 Å². The summed E-state index contributed by atoms with van der Waals surface area (Å²) in [7, 11) is 0. The van der Waals surface area contributed by atoms with E-state index >= 15 is 0 Å². The summed E-state index contributed by atoms with van der Waals surface area (Å²) in [5, 5.41) is 2.82. The lowest BCUT2D eigenvalue weighted by molar-refractivity contribution is -0.115. The van der Waals surface area contributed by atoms with Crippen molar-refractivity contribution in [3.63, 3.8) is 0 Å². The summed E-state index contributed by atoms with van der Waals surface area (Å²) in [6.45, 7) is 1.93. The van der Waals surface area contributed by atoms with Gasteiger partial charge in [0.15, 0.2) is 0 Å². The smallest absolute Gasteiger partial charge is 0.229 e. The molecule has 0 spiro atoms. The monoisotopic (exact) mass is 382 g/mol. The first kappa shape index (κ1) is 18.4. The molecular weight excluding hydrogens is 364 g/mol. The van der Waals surface area contributed by atoms with E-state index in [9.17, 15) is 4.79 Å². The number of nitrogens with zero attached hydrogens (tertiary/aromatic N) is 5. The minimum atomic E-state index is -0.146. The van der Waals surface area contributed by atoms with E-state index in [4.69, 9.17) is 0 Å². The summed E-state index contributed by atoms with van der Waals surface area (Å²) < 4.78 is 0. The average molecular weight is 382 g/mol. The lowest BCUT2D eigenvalue weighted by Crippen LogP contribution is -2.15. The van der Waals surface area contributed by atoms with Crippen LogP contribution in [0.3, 0.4) is 0 Å². The van der Waals surface area contributed by atoms with Crippen molar-refractivity contribution in [1.29, 1.82) is 0 Å². The molecule has 0 fully saturated rings. The Kier molecular flexibility index (Phi) is 5.29. The highest BCUT2D eigenvalue weighted by Gasteiger charge is 2.08. The highest BCUT2D eigenvalue weighted by atomic mass is 16.1. The molecule has 0 aliphatic heterocycles. The molecule has 0 bridgehead atoms. The van der Waals surface area contributed by atoms with E-state index in [1.807, 2.05) is 37.3 Å². The quantitative estimate of drug-likeness (QED) is 0.568. The first-order valence-electron chi connectivity index (χ1n) is 9.07.